The Hall–Kier alpha value is -2.74. The van der Waals surface area contributed by atoms with Gasteiger partial charge in [0.25, 0.3) is 5.91 Å². The van der Waals surface area contributed by atoms with Gasteiger partial charge >= 0.3 is 0 Å². The normalized spacial score (nSPS) is 17.7. The first-order chi connectivity index (χ1) is 13.8. The van der Waals surface area contributed by atoms with Crippen molar-refractivity contribution in [1.29, 1.82) is 0 Å². The number of hydrogen-bond donors (Lipinski definition) is 0. The maximum Gasteiger partial charge on any atom is 0.276 e. The molecular weight excluding hydrogens is 377 g/mol. The molecule has 1 aromatic heterocycles. The Kier molecular flexibility index (Phi) is 6.64. The second-order valence-corrected chi connectivity index (χ2v) is 7.73. The second-order valence-electron chi connectivity index (χ2n) is 7.73. The van der Waals surface area contributed by atoms with Gasteiger partial charge in [0.1, 0.15) is 18.1 Å². The van der Waals surface area contributed by atoms with Gasteiger partial charge in [0.05, 0.1) is 12.7 Å². The third kappa shape index (κ3) is 5.41. The first-order valence-corrected chi connectivity index (χ1v) is 9.69. The molecule has 3 rings (SSSR count). The molecule has 0 N–H and O–H groups in total. The van der Waals surface area contributed by atoms with E-state index in [0.29, 0.717) is 24.4 Å². The molecule has 8 heteroatoms. The van der Waals surface area contributed by atoms with Crippen molar-refractivity contribution < 1.29 is 23.2 Å². The van der Waals surface area contributed by atoms with Crippen molar-refractivity contribution in [2.24, 2.45) is 5.92 Å². The number of carbonyl (C=O) groups excluding carboxylic acids is 2. The number of amides is 2. The van der Waals surface area contributed by atoms with Crippen LogP contribution in [0, 0.1) is 18.7 Å². The fourth-order valence-electron chi connectivity index (χ4n) is 3.31. The van der Waals surface area contributed by atoms with Crippen LogP contribution in [-0.4, -0.2) is 59.1 Å². The van der Waals surface area contributed by atoms with Crippen molar-refractivity contribution in [2.75, 3.05) is 26.2 Å². The largest absolute Gasteiger partial charge is 0.370 e. The highest BCUT2D eigenvalue weighted by Gasteiger charge is 2.32. The minimum absolute atomic E-state index is 0.0585. The third-order valence-electron chi connectivity index (χ3n) is 4.68. The first kappa shape index (κ1) is 21.0. The van der Waals surface area contributed by atoms with Crippen molar-refractivity contribution in [1.82, 2.24) is 15.0 Å². The van der Waals surface area contributed by atoms with Gasteiger partial charge in [0.15, 0.2) is 5.69 Å². The molecule has 2 amide bonds. The molecule has 0 unspecified atom stereocenters. The Balaban J connectivity index is 1.77. The molecule has 0 aliphatic carbocycles. The molecule has 1 saturated heterocycles. The van der Waals surface area contributed by atoms with E-state index in [1.54, 1.807) is 36.1 Å². The number of rotatable bonds is 6. The molecule has 2 heterocycles. The molecule has 0 spiro atoms. The second kappa shape index (κ2) is 9.17. The minimum atomic E-state index is -0.447. The number of aromatic nitrogens is 1. The van der Waals surface area contributed by atoms with Crippen molar-refractivity contribution in [2.45, 2.75) is 33.5 Å². The lowest BCUT2D eigenvalue weighted by Crippen LogP contribution is -2.40. The SMILES string of the molecule is Cc1cc(C(=O)N2CC(=O)N(CC(C)C)C[C@@H](OCc3ccccc3F)C2)no1. The van der Waals surface area contributed by atoms with Crippen LogP contribution in [0.4, 0.5) is 4.39 Å². The molecule has 1 aromatic carbocycles. The zero-order valence-electron chi connectivity index (χ0n) is 16.9. The molecule has 1 aliphatic rings. The number of hydrogen-bond acceptors (Lipinski definition) is 5. The number of ether oxygens (including phenoxy) is 1. The standard InChI is InChI=1S/C21H26FN3O4/c1-14(2)9-24-10-17(28-13-16-6-4-5-7-18(16)22)11-25(12-20(24)26)21(27)19-8-15(3)29-23-19/h4-8,14,17H,9-13H2,1-3H3/t17-/m1/s1. The Bertz CT molecular complexity index is 867. The van der Waals surface area contributed by atoms with Gasteiger partial charge in [-0.25, -0.2) is 4.39 Å². The van der Waals surface area contributed by atoms with Crippen LogP contribution in [-0.2, 0) is 16.1 Å². The molecular formula is C21H26FN3O4. The lowest BCUT2D eigenvalue weighted by Gasteiger charge is -2.26. The monoisotopic (exact) mass is 403 g/mol. The van der Waals surface area contributed by atoms with Crippen LogP contribution in [0.15, 0.2) is 34.9 Å². The van der Waals surface area contributed by atoms with Gasteiger partial charge in [0.2, 0.25) is 5.91 Å². The van der Waals surface area contributed by atoms with E-state index in [-0.39, 0.29) is 48.9 Å². The molecule has 2 aromatic rings. The summed E-state index contributed by atoms with van der Waals surface area (Å²) in [5.41, 5.74) is 0.587. The summed E-state index contributed by atoms with van der Waals surface area (Å²) in [6, 6.07) is 7.94. The highest BCUT2D eigenvalue weighted by molar-refractivity contribution is 5.95. The maximum atomic E-state index is 13.9. The van der Waals surface area contributed by atoms with Crippen LogP contribution in [0.25, 0.3) is 0 Å². The van der Waals surface area contributed by atoms with Crippen LogP contribution < -0.4 is 0 Å². The number of nitrogens with zero attached hydrogens (tertiary/aromatic N) is 3. The fourth-order valence-corrected chi connectivity index (χ4v) is 3.31. The highest BCUT2D eigenvalue weighted by Crippen LogP contribution is 2.16. The van der Waals surface area contributed by atoms with E-state index >= 15 is 0 Å². The summed E-state index contributed by atoms with van der Waals surface area (Å²) >= 11 is 0. The van der Waals surface area contributed by atoms with E-state index in [4.69, 9.17) is 9.26 Å². The first-order valence-electron chi connectivity index (χ1n) is 9.69. The summed E-state index contributed by atoms with van der Waals surface area (Å²) in [6.07, 6.45) is -0.447. The van der Waals surface area contributed by atoms with Gasteiger partial charge in [-0.05, 0) is 18.9 Å². The minimum Gasteiger partial charge on any atom is -0.370 e. The molecule has 0 radical (unpaired) electrons. The number of carbonyl (C=O) groups is 2. The van der Waals surface area contributed by atoms with E-state index in [2.05, 4.69) is 5.16 Å². The molecule has 0 bridgehead atoms. The zero-order chi connectivity index (χ0) is 21.0. The highest BCUT2D eigenvalue weighted by atomic mass is 19.1. The van der Waals surface area contributed by atoms with Crippen LogP contribution in [0.2, 0.25) is 0 Å². The van der Waals surface area contributed by atoms with Gasteiger partial charge in [0, 0.05) is 31.3 Å². The average molecular weight is 403 g/mol. The molecule has 7 nitrogen and oxygen atoms in total. The van der Waals surface area contributed by atoms with E-state index in [1.807, 2.05) is 13.8 Å². The molecule has 1 atom stereocenters. The maximum absolute atomic E-state index is 13.9. The van der Waals surface area contributed by atoms with Gasteiger partial charge in [-0.1, -0.05) is 37.2 Å². The van der Waals surface area contributed by atoms with Gasteiger partial charge in [-0.3, -0.25) is 9.59 Å². The Morgan fingerprint density at radius 3 is 2.76 bits per heavy atom. The lowest BCUT2D eigenvalue weighted by atomic mass is 10.2. The Labute approximate surface area is 169 Å². The molecule has 29 heavy (non-hydrogen) atoms. The van der Waals surface area contributed by atoms with E-state index in [9.17, 15) is 14.0 Å². The van der Waals surface area contributed by atoms with E-state index in [1.165, 1.54) is 11.0 Å². The number of halogens is 1. The van der Waals surface area contributed by atoms with Gasteiger partial charge in [-0.15, -0.1) is 0 Å². The summed E-state index contributed by atoms with van der Waals surface area (Å²) in [6.45, 7) is 6.85. The van der Waals surface area contributed by atoms with Crippen LogP contribution in [0.3, 0.4) is 0 Å². The van der Waals surface area contributed by atoms with Crippen LogP contribution >= 0.6 is 0 Å². The van der Waals surface area contributed by atoms with Gasteiger partial charge < -0.3 is 19.1 Å². The summed E-state index contributed by atoms with van der Waals surface area (Å²) in [5, 5.41) is 3.76. The van der Waals surface area contributed by atoms with Crippen molar-refractivity contribution in [3.8, 4) is 0 Å². The summed E-state index contributed by atoms with van der Waals surface area (Å²) in [4.78, 5) is 28.7. The number of aryl methyl sites for hydroxylation is 1. The van der Waals surface area contributed by atoms with Crippen molar-refractivity contribution >= 4 is 11.8 Å². The quantitative estimate of drug-likeness (QED) is 0.741. The summed E-state index contributed by atoms with van der Waals surface area (Å²) < 4.78 is 24.9. The fraction of sp³-hybridized carbons (Fsp3) is 0.476. The van der Waals surface area contributed by atoms with E-state index in [0.717, 1.165) is 0 Å². The van der Waals surface area contributed by atoms with Crippen molar-refractivity contribution in [3.63, 3.8) is 0 Å². The van der Waals surface area contributed by atoms with Crippen LogP contribution in [0.1, 0.15) is 35.7 Å². The third-order valence-corrected chi connectivity index (χ3v) is 4.68. The predicted molar refractivity (Wildman–Crippen MR) is 104 cm³/mol. The Morgan fingerprint density at radius 2 is 2.10 bits per heavy atom. The predicted octanol–water partition coefficient (Wildman–Crippen LogP) is 2.65. The van der Waals surface area contributed by atoms with E-state index < -0.39 is 6.10 Å². The van der Waals surface area contributed by atoms with Gasteiger partial charge in [-0.2, -0.15) is 0 Å². The van der Waals surface area contributed by atoms with Crippen LogP contribution in [0.5, 0.6) is 0 Å². The molecule has 0 saturated carbocycles. The zero-order valence-corrected chi connectivity index (χ0v) is 16.9. The number of benzene rings is 1. The summed E-state index contributed by atoms with van der Waals surface area (Å²) in [7, 11) is 0. The summed E-state index contributed by atoms with van der Waals surface area (Å²) in [5.74, 6) is -0.0949. The Morgan fingerprint density at radius 1 is 1.34 bits per heavy atom. The topological polar surface area (TPSA) is 75.9 Å². The average Bonchev–Trinajstić information content (AvgIpc) is 3.04. The lowest BCUT2D eigenvalue weighted by molar-refractivity contribution is -0.132. The smallest absolute Gasteiger partial charge is 0.276 e. The molecule has 1 aliphatic heterocycles. The molecule has 1 fully saturated rings. The van der Waals surface area contributed by atoms with Crippen molar-refractivity contribution in [3.05, 3.63) is 53.2 Å². The molecule has 156 valence electrons.